The van der Waals surface area contributed by atoms with Gasteiger partial charge in [-0.1, -0.05) is 18.2 Å². The summed E-state index contributed by atoms with van der Waals surface area (Å²) in [6, 6.07) is 7.51. The molecule has 1 aromatic carbocycles. The summed E-state index contributed by atoms with van der Waals surface area (Å²) in [6.45, 7) is 0.225. The minimum atomic E-state index is -1.63. The summed E-state index contributed by atoms with van der Waals surface area (Å²) >= 11 is 0. The van der Waals surface area contributed by atoms with Gasteiger partial charge in [0.25, 0.3) is 0 Å². The van der Waals surface area contributed by atoms with Crippen LogP contribution in [0, 0.1) is 0 Å². The zero-order chi connectivity index (χ0) is 21.6. The Morgan fingerprint density at radius 1 is 1.07 bits per heavy atom. The molecule has 0 amide bonds. The number of nitrogens with zero attached hydrogens (tertiary/aromatic N) is 1. The molecule has 156 valence electrons. The van der Waals surface area contributed by atoms with Crippen LogP contribution in [0.5, 0.6) is 0 Å². The lowest BCUT2D eigenvalue weighted by Gasteiger charge is -2.42. The van der Waals surface area contributed by atoms with Crippen molar-refractivity contribution in [3.63, 3.8) is 0 Å². The number of para-hydroxylation sites is 1. The molecule has 0 fully saturated rings. The second-order valence-corrected chi connectivity index (χ2v) is 7.07. The van der Waals surface area contributed by atoms with Gasteiger partial charge in [0.05, 0.1) is 33.4 Å². The maximum Gasteiger partial charge on any atom is 0.355 e. The highest BCUT2D eigenvalue weighted by atomic mass is 16.5. The Morgan fingerprint density at radius 2 is 1.77 bits per heavy atom. The molecule has 1 unspecified atom stereocenters. The van der Waals surface area contributed by atoms with E-state index in [0.29, 0.717) is 12.1 Å². The minimum absolute atomic E-state index is 0.206. The van der Waals surface area contributed by atoms with Crippen LogP contribution in [0.2, 0.25) is 0 Å². The van der Waals surface area contributed by atoms with Crippen LogP contribution in [-0.4, -0.2) is 61.4 Å². The van der Waals surface area contributed by atoms with E-state index in [0.717, 1.165) is 30.7 Å². The van der Waals surface area contributed by atoms with Crippen molar-refractivity contribution >= 4 is 34.6 Å². The largest absolute Gasteiger partial charge is 0.469 e. The first-order chi connectivity index (χ1) is 14.4. The molecule has 0 bridgehead atoms. The lowest BCUT2D eigenvalue weighted by atomic mass is 9.79. The van der Waals surface area contributed by atoms with Crippen molar-refractivity contribution in [1.82, 2.24) is 9.88 Å². The lowest BCUT2D eigenvalue weighted by molar-refractivity contribution is -0.149. The SMILES string of the molecule is COC(=O)CC12C(=O)C(C(=O)OC)=C(C(=O)OC)N1CCc1c2[nH]c2ccccc12. The number of methoxy groups -OCH3 is 3. The van der Waals surface area contributed by atoms with Gasteiger partial charge in [-0.15, -0.1) is 0 Å². The van der Waals surface area contributed by atoms with Gasteiger partial charge in [-0.2, -0.15) is 0 Å². The van der Waals surface area contributed by atoms with Gasteiger partial charge >= 0.3 is 17.9 Å². The number of carbonyl (C=O) groups is 4. The molecule has 0 radical (unpaired) electrons. The standard InChI is InChI=1S/C21H20N2O7/c1-28-14(24)10-21-17-12(11-6-4-5-7-13(11)22-17)8-9-23(21)16(20(27)30-3)15(18(21)25)19(26)29-2/h4-7,22H,8-10H2,1-3H3. The highest BCUT2D eigenvalue weighted by Gasteiger charge is 2.61. The van der Waals surface area contributed by atoms with Crippen molar-refractivity contribution in [2.45, 2.75) is 18.4 Å². The Hall–Kier alpha value is -3.62. The van der Waals surface area contributed by atoms with Gasteiger partial charge in [0, 0.05) is 17.4 Å². The van der Waals surface area contributed by atoms with Crippen LogP contribution < -0.4 is 0 Å². The molecule has 2 aliphatic heterocycles. The maximum absolute atomic E-state index is 13.7. The number of carbonyl (C=O) groups excluding carboxylic acids is 4. The summed E-state index contributed by atoms with van der Waals surface area (Å²) in [6.07, 6.45) is 0.105. The molecular weight excluding hydrogens is 392 g/mol. The Labute approximate surface area is 171 Å². The van der Waals surface area contributed by atoms with Gasteiger partial charge in [-0.3, -0.25) is 9.59 Å². The summed E-state index contributed by atoms with van der Waals surface area (Å²) < 4.78 is 14.5. The van der Waals surface area contributed by atoms with E-state index in [1.807, 2.05) is 24.3 Å². The molecular formula is C21H20N2O7. The molecule has 9 nitrogen and oxygen atoms in total. The molecule has 0 saturated carbocycles. The number of nitrogens with one attached hydrogen (secondary N) is 1. The van der Waals surface area contributed by atoms with Gasteiger partial charge in [0.15, 0.2) is 5.54 Å². The lowest BCUT2D eigenvalue weighted by Crippen LogP contribution is -2.53. The number of rotatable bonds is 4. The van der Waals surface area contributed by atoms with Gasteiger partial charge in [0.2, 0.25) is 5.78 Å². The number of esters is 3. The van der Waals surface area contributed by atoms with Crippen molar-refractivity contribution in [2.75, 3.05) is 27.9 Å². The van der Waals surface area contributed by atoms with Crippen LogP contribution in [-0.2, 0) is 45.3 Å². The van der Waals surface area contributed by atoms with Gasteiger partial charge in [-0.25, -0.2) is 9.59 Å². The Balaban J connectivity index is 2.03. The van der Waals surface area contributed by atoms with Crippen molar-refractivity contribution in [1.29, 1.82) is 0 Å². The van der Waals surface area contributed by atoms with E-state index in [4.69, 9.17) is 14.2 Å². The number of aromatic amines is 1. The first kappa shape index (κ1) is 19.7. The third-order valence-electron chi connectivity index (χ3n) is 5.78. The number of benzene rings is 1. The number of fused-ring (bicyclic) bond motifs is 5. The van der Waals surface area contributed by atoms with Crippen LogP contribution in [0.3, 0.4) is 0 Å². The molecule has 0 spiro atoms. The summed E-state index contributed by atoms with van der Waals surface area (Å²) in [7, 11) is 3.50. The monoisotopic (exact) mass is 412 g/mol. The fourth-order valence-electron chi connectivity index (χ4n) is 4.50. The number of aromatic nitrogens is 1. The Morgan fingerprint density at radius 3 is 2.43 bits per heavy atom. The van der Waals surface area contributed by atoms with Crippen molar-refractivity contribution < 1.29 is 33.4 Å². The number of ether oxygens (including phenoxy) is 3. The Kier molecular flexibility index (Phi) is 4.60. The number of hydrogen-bond acceptors (Lipinski definition) is 8. The van der Waals surface area contributed by atoms with E-state index >= 15 is 0 Å². The molecule has 2 aromatic rings. The topological polar surface area (TPSA) is 115 Å². The fraction of sp³-hybridized carbons (Fsp3) is 0.333. The van der Waals surface area contributed by atoms with Crippen LogP contribution >= 0.6 is 0 Å². The molecule has 1 aromatic heterocycles. The summed E-state index contributed by atoms with van der Waals surface area (Å²) in [5.74, 6) is -3.17. The molecule has 1 N–H and O–H groups in total. The number of hydrogen-bond donors (Lipinski definition) is 1. The van der Waals surface area contributed by atoms with Crippen LogP contribution in [0.15, 0.2) is 35.5 Å². The van der Waals surface area contributed by atoms with Crippen LogP contribution in [0.4, 0.5) is 0 Å². The van der Waals surface area contributed by atoms with Crippen LogP contribution in [0.25, 0.3) is 10.9 Å². The molecule has 3 heterocycles. The van der Waals surface area contributed by atoms with E-state index in [9.17, 15) is 19.2 Å². The smallest absolute Gasteiger partial charge is 0.355 e. The summed E-state index contributed by atoms with van der Waals surface area (Å²) in [5.41, 5.74) is -0.165. The summed E-state index contributed by atoms with van der Waals surface area (Å²) in [4.78, 5) is 56.0. The first-order valence-corrected chi connectivity index (χ1v) is 9.31. The first-order valence-electron chi connectivity index (χ1n) is 9.31. The zero-order valence-electron chi connectivity index (χ0n) is 16.7. The number of ketones is 1. The molecule has 0 aliphatic carbocycles. The van der Waals surface area contributed by atoms with Gasteiger partial charge < -0.3 is 24.1 Å². The normalized spacial score (nSPS) is 20.1. The summed E-state index contributed by atoms with van der Waals surface area (Å²) in [5, 5.41) is 0.912. The number of Topliss-reactive ketones (excluding diaryl/α,β-unsaturated/α-hetero) is 1. The van der Waals surface area contributed by atoms with Gasteiger partial charge in [-0.05, 0) is 18.1 Å². The predicted molar refractivity (Wildman–Crippen MR) is 103 cm³/mol. The molecule has 1 atom stereocenters. The van der Waals surface area contributed by atoms with E-state index in [2.05, 4.69) is 4.98 Å². The highest BCUT2D eigenvalue weighted by Crippen LogP contribution is 2.49. The fourth-order valence-corrected chi connectivity index (χ4v) is 4.50. The van der Waals surface area contributed by atoms with Crippen LogP contribution in [0.1, 0.15) is 17.7 Å². The predicted octanol–water partition coefficient (Wildman–Crippen LogP) is 0.967. The Bertz CT molecular complexity index is 1130. The second kappa shape index (κ2) is 7.01. The molecule has 2 aliphatic rings. The average Bonchev–Trinajstić information content (AvgIpc) is 3.26. The minimum Gasteiger partial charge on any atom is -0.469 e. The maximum atomic E-state index is 13.7. The average molecular weight is 412 g/mol. The van der Waals surface area contributed by atoms with Gasteiger partial charge in [0.1, 0.15) is 11.3 Å². The molecule has 4 rings (SSSR count). The third-order valence-corrected chi connectivity index (χ3v) is 5.78. The van der Waals surface area contributed by atoms with Crippen molar-refractivity contribution in [3.05, 3.63) is 46.8 Å². The van der Waals surface area contributed by atoms with Crippen molar-refractivity contribution in [2.24, 2.45) is 0 Å². The highest BCUT2D eigenvalue weighted by molar-refractivity contribution is 6.27. The number of H-pyrrole nitrogens is 1. The van der Waals surface area contributed by atoms with E-state index in [1.54, 1.807) is 0 Å². The van der Waals surface area contributed by atoms with E-state index in [-0.39, 0.29) is 18.7 Å². The molecule has 30 heavy (non-hydrogen) atoms. The zero-order valence-corrected chi connectivity index (χ0v) is 16.7. The van der Waals surface area contributed by atoms with E-state index < -0.39 is 34.8 Å². The molecule has 0 saturated heterocycles. The van der Waals surface area contributed by atoms with E-state index in [1.165, 1.54) is 12.0 Å². The quantitative estimate of drug-likeness (QED) is 0.449. The molecule has 9 heteroatoms. The van der Waals surface area contributed by atoms with Crippen molar-refractivity contribution in [3.8, 4) is 0 Å². The third kappa shape index (κ3) is 2.47. The second-order valence-electron chi connectivity index (χ2n) is 7.07.